The zero-order valence-corrected chi connectivity index (χ0v) is 11.4. The zero-order valence-electron chi connectivity index (χ0n) is 11.4. The number of rotatable bonds is 6. The average Bonchev–Trinajstić information content (AvgIpc) is 2.35. The van der Waals surface area contributed by atoms with E-state index in [4.69, 9.17) is 14.7 Å². The Balaban J connectivity index is 2.12. The van der Waals surface area contributed by atoms with Crippen molar-refractivity contribution in [3.05, 3.63) is 0 Å². The molecule has 0 saturated heterocycles. The van der Waals surface area contributed by atoms with E-state index in [9.17, 15) is 0 Å². The molecule has 0 amide bonds. The molecule has 1 fully saturated rings. The molecule has 0 spiro atoms. The number of nitrogens with zero attached hydrogens (tertiary/aromatic N) is 1. The minimum absolute atomic E-state index is 0.217. The molecule has 0 radical (unpaired) electrons. The molecule has 1 rings (SSSR count). The standard InChI is InChI=1S/C14H25NO2/c1-14(2,11-15)8-5-9-17-13-7-4-6-12(10-13)16-3/h12-13H,4-10H2,1-3H3. The van der Waals surface area contributed by atoms with Crippen molar-refractivity contribution >= 4 is 0 Å². The summed E-state index contributed by atoms with van der Waals surface area (Å²) >= 11 is 0. The van der Waals surface area contributed by atoms with Gasteiger partial charge >= 0.3 is 0 Å². The van der Waals surface area contributed by atoms with Gasteiger partial charge in [0.2, 0.25) is 0 Å². The first-order valence-electron chi connectivity index (χ1n) is 6.63. The summed E-state index contributed by atoms with van der Waals surface area (Å²) in [6.45, 7) is 4.73. The molecule has 0 aliphatic heterocycles. The molecule has 1 saturated carbocycles. The van der Waals surface area contributed by atoms with E-state index in [0.29, 0.717) is 12.2 Å². The van der Waals surface area contributed by atoms with Gasteiger partial charge in [0, 0.05) is 13.7 Å². The Labute approximate surface area is 105 Å². The molecule has 0 aromatic rings. The quantitative estimate of drug-likeness (QED) is 0.668. The van der Waals surface area contributed by atoms with Gasteiger partial charge in [-0.3, -0.25) is 0 Å². The summed E-state index contributed by atoms with van der Waals surface area (Å²) in [6.07, 6.45) is 7.16. The van der Waals surface area contributed by atoms with Gasteiger partial charge in [-0.05, 0) is 52.4 Å². The third-order valence-electron chi connectivity index (χ3n) is 3.51. The van der Waals surface area contributed by atoms with Gasteiger partial charge in [0.25, 0.3) is 0 Å². The fourth-order valence-electron chi connectivity index (χ4n) is 2.29. The van der Waals surface area contributed by atoms with E-state index in [1.165, 1.54) is 6.42 Å². The van der Waals surface area contributed by atoms with E-state index >= 15 is 0 Å². The number of methoxy groups -OCH3 is 1. The van der Waals surface area contributed by atoms with Crippen molar-refractivity contribution in [2.45, 2.75) is 64.6 Å². The predicted molar refractivity (Wildman–Crippen MR) is 67.6 cm³/mol. The summed E-state index contributed by atoms with van der Waals surface area (Å²) in [5.74, 6) is 0. The smallest absolute Gasteiger partial charge is 0.0683 e. The van der Waals surface area contributed by atoms with Gasteiger partial charge in [-0.1, -0.05) is 0 Å². The van der Waals surface area contributed by atoms with E-state index in [-0.39, 0.29) is 5.41 Å². The minimum atomic E-state index is -0.217. The first-order chi connectivity index (χ1) is 8.07. The number of nitriles is 1. The topological polar surface area (TPSA) is 42.2 Å². The molecule has 0 N–H and O–H groups in total. The Morgan fingerprint density at radius 3 is 2.65 bits per heavy atom. The molecule has 0 bridgehead atoms. The maximum Gasteiger partial charge on any atom is 0.0683 e. The zero-order chi connectivity index (χ0) is 12.7. The lowest BCUT2D eigenvalue weighted by molar-refractivity contribution is -0.0311. The van der Waals surface area contributed by atoms with Crippen molar-refractivity contribution in [2.24, 2.45) is 5.41 Å². The fourth-order valence-corrected chi connectivity index (χ4v) is 2.29. The van der Waals surface area contributed by atoms with Crippen LogP contribution in [0.5, 0.6) is 0 Å². The average molecular weight is 239 g/mol. The lowest BCUT2D eigenvalue weighted by Gasteiger charge is -2.28. The van der Waals surface area contributed by atoms with Gasteiger partial charge in [-0.2, -0.15) is 5.26 Å². The van der Waals surface area contributed by atoms with Crippen LogP contribution in [0, 0.1) is 16.7 Å². The monoisotopic (exact) mass is 239 g/mol. The summed E-state index contributed by atoms with van der Waals surface area (Å²) in [4.78, 5) is 0. The normalized spacial score (nSPS) is 25.5. The van der Waals surface area contributed by atoms with Crippen LogP contribution >= 0.6 is 0 Å². The Morgan fingerprint density at radius 1 is 1.29 bits per heavy atom. The maximum absolute atomic E-state index is 8.90. The summed E-state index contributed by atoms with van der Waals surface area (Å²) < 4.78 is 11.2. The second-order valence-electron chi connectivity index (χ2n) is 5.62. The van der Waals surface area contributed by atoms with E-state index in [1.807, 2.05) is 13.8 Å². The molecule has 0 aromatic carbocycles. The fraction of sp³-hybridized carbons (Fsp3) is 0.929. The van der Waals surface area contributed by atoms with Gasteiger partial charge in [0.1, 0.15) is 0 Å². The summed E-state index contributed by atoms with van der Waals surface area (Å²) in [5, 5.41) is 8.90. The number of hydrogen-bond acceptors (Lipinski definition) is 3. The maximum atomic E-state index is 8.90. The van der Waals surface area contributed by atoms with Gasteiger partial charge in [0.05, 0.1) is 23.7 Å². The van der Waals surface area contributed by atoms with Crippen LogP contribution in [0.15, 0.2) is 0 Å². The third kappa shape index (κ3) is 5.52. The van der Waals surface area contributed by atoms with Gasteiger partial charge in [-0.15, -0.1) is 0 Å². The Bertz CT molecular complexity index is 257. The molecule has 1 aliphatic carbocycles. The summed E-state index contributed by atoms with van der Waals surface area (Å²) in [6, 6.07) is 2.32. The van der Waals surface area contributed by atoms with Crippen molar-refractivity contribution in [3.63, 3.8) is 0 Å². The predicted octanol–water partition coefficient (Wildman–Crippen LogP) is 3.29. The molecular formula is C14H25NO2. The van der Waals surface area contributed by atoms with E-state index in [0.717, 1.165) is 38.7 Å². The molecule has 3 nitrogen and oxygen atoms in total. The number of hydrogen-bond donors (Lipinski definition) is 0. The van der Waals surface area contributed by atoms with Crippen LogP contribution in [0.1, 0.15) is 52.4 Å². The Hall–Kier alpha value is -0.590. The summed E-state index contributed by atoms with van der Waals surface area (Å²) in [5.41, 5.74) is -0.217. The minimum Gasteiger partial charge on any atom is -0.381 e. The highest BCUT2D eigenvalue weighted by Gasteiger charge is 2.22. The van der Waals surface area contributed by atoms with E-state index in [1.54, 1.807) is 7.11 Å². The molecule has 17 heavy (non-hydrogen) atoms. The highest BCUT2D eigenvalue weighted by molar-refractivity contribution is 4.91. The van der Waals surface area contributed by atoms with Gasteiger partial charge in [0.15, 0.2) is 0 Å². The molecule has 3 heteroatoms. The van der Waals surface area contributed by atoms with Crippen molar-refractivity contribution in [1.82, 2.24) is 0 Å². The molecular weight excluding hydrogens is 214 g/mol. The summed E-state index contributed by atoms with van der Waals surface area (Å²) in [7, 11) is 1.78. The van der Waals surface area contributed by atoms with Crippen molar-refractivity contribution in [2.75, 3.05) is 13.7 Å². The van der Waals surface area contributed by atoms with Crippen molar-refractivity contribution < 1.29 is 9.47 Å². The second kappa shape index (κ2) is 6.98. The largest absolute Gasteiger partial charge is 0.381 e. The van der Waals surface area contributed by atoms with Crippen LogP contribution in [-0.4, -0.2) is 25.9 Å². The van der Waals surface area contributed by atoms with Crippen LogP contribution in [0.2, 0.25) is 0 Å². The van der Waals surface area contributed by atoms with Gasteiger partial charge in [-0.25, -0.2) is 0 Å². The first kappa shape index (κ1) is 14.5. The molecule has 1 aliphatic rings. The molecule has 0 heterocycles. The SMILES string of the molecule is COC1CCCC(OCCCC(C)(C)C#N)C1. The molecule has 2 atom stereocenters. The van der Waals surface area contributed by atoms with E-state index < -0.39 is 0 Å². The van der Waals surface area contributed by atoms with Crippen LogP contribution in [-0.2, 0) is 9.47 Å². The lowest BCUT2D eigenvalue weighted by atomic mass is 9.90. The van der Waals surface area contributed by atoms with E-state index in [2.05, 4.69) is 6.07 Å². The highest BCUT2D eigenvalue weighted by Crippen LogP contribution is 2.24. The molecule has 2 unspecified atom stereocenters. The van der Waals surface area contributed by atoms with Crippen molar-refractivity contribution in [1.29, 1.82) is 5.26 Å². The highest BCUT2D eigenvalue weighted by atomic mass is 16.5. The van der Waals surface area contributed by atoms with Crippen LogP contribution < -0.4 is 0 Å². The first-order valence-corrected chi connectivity index (χ1v) is 6.63. The van der Waals surface area contributed by atoms with Crippen LogP contribution in [0.3, 0.4) is 0 Å². The van der Waals surface area contributed by atoms with Crippen LogP contribution in [0.25, 0.3) is 0 Å². The Kier molecular flexibility index (Phi) is 5.94. The molecule has 0 aromatic heterocycles. The number of ether oxygens (including phenoxy) is 2. The lowest BCUT2D eigenvalue weighted by Crippen LogP contribution is -2.27. The molecule has 98 valence electrons. The van der Waals surface area contributed by atoms with Crippen molar-refractivity contribution in [3.8, 4) is 6.07 Å². The van der Waals surface area contributed by atoms with Crippen LogP contribution in [0.4, 0.5) is 0 Å². The van der Waals surface area contributed by atoms with Gasteiger partial charge < -0.3 is 9.47 Å². The second-order valence-corrected chi connectivity index (χ2v) is 5.62. The third-order valence-corrected chi connectivity index (χ3v) is 3.51. The Morgan fingerprint density at radius 2 is 2.00 bits per heavy atom.